The van der Waals surface area contributed by atoms with Gasteiger partial charge in [0.15, 0.2) is 17.5 Å². The Morgan fingerprint density at radius 1 is 0.971 bits per heavy atom. The Morgan fingerprint density at radius 3 is 2.51 bits per heavy atom. The third-order valence-electron chi connectivity index (χ3n) is 7.95. The summed E-state index contributed by atoms with van der Waals surface area (Å²) in [5, 5.41) is 1.05. The maximum absolute atomic E-state index is 16.0. The summed E-state index contributed by atoms with van der Waals surface area (Å²) in [6, 6.07) is 5.98. The summed E-state index contributed by atoms with van der Waals surface area (Å²) in [6.45, 7) is 5.98. The van der Waals surface area contributed by atoms with Crippen molar-refractivity contribution in [2.45, 2.75) is 57.9 Å². The average Bonchev–Trinajstić information content (AvgIpc) is 3.41. The van der Waals surface area contributed by atoms with Crippen LogP contribution in [0.3, 0.4) is 0 Å². The van der Waals surface area contributed by atoms with E-state index in [0.29, 0.717) is 28.7 Å². The first kappa shape index (κ1) is 22.4. The van der Waals surface area contributed by atoms with E-state index in [9.17, 15) is 8.78 Å². The first-order valence-corrected chi connectivity index (χ1v) is 12.3. The molecule has 0 atom stereocenters. The third-order valence-corrected chi connectivity index (χ3v) is 7.95. The van der Waals surface area contributed by atoms with Crippen LogP contribution >= 0.6 is 0 Å². The second-order valence-electron chi connectivity index (χ2n) is 10.1. The second-order valence-corrected chi connectivity index (χ2v) is 10.1. The molecule has 0 saturated carbocycles. The van der Waals surface area contributed by atoms with Crippen molar-refractivity contribution in [1.29, 1.82) is 0 Å². The van der Waals surface area contributed by atoms with E-state index in [4.69, 9.17) is 0 Å². The number of aryl methyl sites for hydroxylation is 3. The van der Waals surface area contributed by atoms with Crippen LogP contribution in [0.2, 0.25) is 0 Å². The van der Waals surface area contributed by atoms with Crippen molar-refractivity contribution in [3.05, 3.63) is 65.0 Å². The number of halogens is 3. The van der Waals surface area contributed by atoms with Crippen molar-refractivity contribution >= 4 is 21.7 Å². The molecule has 2 aromatic heterocycles. The van der Waals surface area contributed by atoms with Crippen LogP contribution in [0.15, 0.2) is 30.5 Å². The first-order valence-electron chi connectivity index (χ1n) is 12.3. The Bertz CT molecular complexity index is 1470. The molecule has 0 aliphatic carbocycles. The van der Waals surface area contributed by atoms with Gasteiger partial charge in [0.25, 0.3) is 0 Å². The highest BCUT2D eigenvalue weighted by Crippen LogP contribution is 2.42. The Kier molecular flexibility index (Phi) is 5.29. The Hall–Kier alpha value is -3.06. The van der Waals surface area contributed by atoms with Crippen molar-refractivity contribution in [3.63, 3.8) is 0 Å². The molecule has 0 bridgehead atoms. The lowest BCUT2D eigenvalue weighted by molar-refractivity contribution is 0.181. The lowest BCUT2D eigenvalue weighted by Gasteiger charge is -2.32. The molecule has 0 amide bonds. The van der Waals surface area contributed by atoms with E-state index in [0.717, 1.165) is 31.1 Å². The number of hydrogen-bond acceptors (Lipinski definition) is 4. The van der Waals surface area contributed by atoms with Crippen molar-refractivity contribution in [3.8, 4) is 11.3 Å². The molecule has 180 valence electrons. The van der Waals surface area contributed by atoms with E-state index in [1.54, 1.807) is 12.1 Å². The quantitative estimate of drug-likeness (QED) is 0.340. The number of hydrogen-bond donors (Lipinski definition) is 0. The van der Waals surface area contributed by atoms with E-state index < -0.39 is 17.5 Å². The summed E-state index contributed by atoms with van der Waals surface area (Å²) in [6.07, 6.45) is 8.02. The van der Waals surface area contributed by atoms with Crippen molar-refractivity contribution in [1.82, 2.24) is 19.9 Å². The molecule has 4 nitrogen and oxygen atoms in total. The lowest BCUT2D eigenvalue weighted by Crippen LogP contribution is -2.38. The molecule has 0 unspecified atom stereocenters. The van der Waals surface area contributed by atoms with Crippen LogP contribution in [0.25, 0.3) is 32.9 Å². The zero-order valence-corrected chi connectivity index (χ0v) is 20.0. The SMILES string of the molecule is Cc1cc(-c2ncc3c(C)nc(CCC45CCCN4CCC5)nc3c2F)c2c(F)c(F)ccc2c1. The number of rotatable bonds is 4. The highest BCUT2D eigenvalue weighted by atomic mass is 19.2. The monoisotopic (exact) mass is 476 g/mol. The number of aromatic nitrogens is 3. The van der Waals surface area contributed by atoms with Crippen LogP contribution in [0.5, 0.6) is 0 Å². The molecular weight excluding hydrogens is 449 g/mol. The molecular formula is C28H27F3N4. The molecule has 4 aromatic rings. The molecule has 2 aliphatic rings. The molecule has 6 rings (SSSR count). The fourth-order valence-electron chi connectivity index (χ4n) is 6.27. The fraction of sp³-hybridized carbons (Fsp3) is 0.393. The van der Waals surface area contributed by atoms with Gasteiger partial charge >= 0.3 is 0 Å². The normalized spacial score (nSPS) is 17.5. The molecule has 0 radical (unpaired) electrons. The summed E-state index contributed by atoms with van der Waals surface area (Å²) in [5.74, 6) is -2.00. The summed E-state index contributed by atoms with van der Waals surface area (Å²) < 4.78 is 44.9. The molecule has 2 saturated heterocycles. The van der Waals surface area contributed by atoms with Gasteiger partial charge in [0.2, 0.25) is 0 Å². The summed E-state index contributed by atoms with van der Waals surface area (Å²) in [5.41, 5.74) is 2.07. The zero-order valence-electron chi connectivity index (χ0n) is 20.0. The second kappa shape index (κ2) is 8.26. The lowest BCUT2D eigenvalue weighted by atomic mass is 9.88. The number of nitrogens with zero attached hydrogens (tertiary/aromatic N) is 4. The van der Waals surface area contributed by atoms with Gasteiger partial charge in [0.05, 0.1) is 5.69 Å². The van der Waals surface area contributed by atoms with Gasteiger partial charge in [-0.15, -0.1) is 0 Å². The topological polar surface area (TPSA) is 41.9 Å². The smallest absolute Gasteiger partial charge is 0.175 e. The molecule has 4 heterocycles. The fourth-order valence-corrected chi connectivity index (χ4v) is 6.27. The summed E-state index contributed by atoms with van der Waals surface area (Å²) in [4.78, 5) is 16.2. The maximum atomic E-state index is 16.0. The van der Waals surface area contributed by atoms with E-state index in [-0.39, 0.29) is 27.7 Å². The predicted molar refractivity (Wildman–Crippen MR) is 131 cm³/mol. The minimum Gasteiger partial charge on any atom is -0.298 e. The summed E-state index contributed by atoms with van der Waals surface area (Å²) in [7, 11) is 0. The van der Waals surface area contributed by atoms with E-state index in [2.05, 4.69) is 19.9 Å². The van der Waals surface area contributed by atoms with Gasteiger partial charge < -0.3 is 0 Å². The molecule has 35 heavy (non-hydrogen) atoms. The molecule has 2 aliphatic heterocycles. The predicted octanol–water partition coefficient (Wildman–Crippen LogP) is 6.44. The van der Waals surface area contributed by atoms with Crippen molar-refractivity contribution in [2.24, 2.45) is 0 Å². The van der Waals surface area contributed by atoms with E-state index in [1.165, 1.54) is 37.9 Å². The number of pyridine rings is 1. The van der Waals surface area contributed by atoms with Crippen LogP contribution < -0.4 is 0 Å². The van der Waals surface area contributed by atoms with E-state index in [1.807, 2.05) is 13.8 Å². The Balaban J connectivity index is 1.45. The van der Waals surface area contributed by atoms with Gasteiger partial charge in [-0.3, -0.25) is 9.88 Å². The highest BCUT2D eigenvalue weighted by molar-refractivity contribution is 5.98. The van der Waals surface area contributed by atoms with Crippen LogP contribution in [0, 0.1) is 31.3 Å². The molecule has 0 spiro atoms. The van der Waals surface area contributed by atoms with Crippen molar-refractivity contribution in [2.75, 3.05) is 13.1 Å². The minimum atomic E-state index is -1.00. The standard InChI is InChI=1S/C28H27F3N4/c1-16-13-18-5-6-21(29)24(30)23(18)19(14-16)26-25(31)27-20(15-32-26)17(2)33-22(34-27)7-10-28-8-3-11-35(28)12-4-9-28/h5-6,13-15H,3-4,7-12H2,1-2H3. The minimum absolute atomic E-state index is 0.0222. The Labute approximate surface area is 202 Å². The van der Waals surface area contributed by atoms with Gasteiger partial charge in [0, 0.05) is 34.5 Å². The molecule has 0 N–H and O–H groups in total. The molecule has 7 heteroatoms. The number of benzene rings is 2. The molecule has 2 fully saturated rings. The van der Waals surface area contributed by atoms with Gasteiger partial charge in [0.1, 0.15) is 17.0 Å². The summed E-state index contributed by atoms with van der Waals surface area (Å²) >= 11 is 0. The largest absolute Gasteiger partial charge is 0.298 e. The van der Waals surface area contributed by atoms with Crippen LogP contribution in [0.1, 0.15) is 49.2 Å². The average molecular weight is 477 g/mol. The van der Waals surface area contributed by atoms with Crippen molar-refractivity contribution < 1.29 is 13.2 Å². The number of fused-ring (bicyclic) bond motifs is 3. The Morgan fingerprint density at radius 2 is 1.74 bits per heavy atom. The van der Waals surface area contributed by atoms with Gasteiger partial charge in [-0.25, -0.2) is 23.1 Å². The van der Waals surface area contributed by atoms with Gasteiger partial charge in [-0.05, 0) is 82.1 Å². The molecule has 2 aromatic carbocycles. The third kappa shape index (κ3) is 3.59. The first-order chi connectivity index (χ1) is 16.9. The van der Waals surface area contributed by atoms with Crippen LogP contribution in [-0.4, -0.2) is 38.5 Å². The van der Waals surface area contributed by atoms with Gasteiger partial charge in [-0.1, -0.05) is 12.1 Å². The van der Waals surface area contributed by atoms with Crippen LogP contribution in [-0.2, 0) is 6.42 Å². The van der Waals surface area contributed by atoms with E-state index >= 15 is 4.39 Å². The van der Waals surface area contributed by atoms with Crippen LogP contribution in [0.4, 0.5) is 13.2 Å². The zero-order chi connectivity index (χ0) is 24.3. The highest BCUT2D eigenvalue weighted by Gasteiger charge is 2.43. The van der Waals surface area contributed by atoms with Gasteiger partial charge in [-0.2, -0.15) is 0 Å². The maximum Gasteiger partial charge on any atom is 0.175 e.